The van der Waals surface area contributed by atoms with Crippen molar-refractivity contribution < 1.29 is 19.2 Å². The van der Waals surface area contributed by atoms with E-state index in [1.807, 2.05) is 0 Å². The second-order valence-corrected chi connectivity index (χ2v) is 5.69. The zero-order chi connectivity index (χ0) is 17.1. The third-order valence-electron chi connectivity index (χ3n) is 3.29. The molecule has 0 unspecified atom stereocenters. The number of hydrogen-bond acceptors (Lipinski definition) is 6. The molecule has 7 nitrogen and oxygen atoms in total. The highest BCUT2D eigenvalue weighted by Gasteiger charge is 2.15. The first-order chi connectivity index (χ1) is 11.5. The molecule has 0 bridgehead atoms. The lowest BCUT2D eigenvalue weighted by molar-refractivity contribution is -0.384. The Kier molecular flexibility index (Phi) is 4.48. The number of ether oxygens (including phenoxy) is 2. The van der Waals surface area contributed by atoms with Crippen LogP contribution in [0.1, 0.15) is 10.4 Å². The van der Waals surface area contributed by atoms with Crippen LogP contribution in [0.4, 0.5) is 11.4 Å². The van der Waals surface area contributed by atoms with Crippen LogP contribution in [0.3, 0.4) is 0 Å². The Balaban J connectivity index is 1.68. The molecule has 0 aromatic heterocycles. The number of benzene rings is 2. The summed E-state index contributed by atoms with van der Waals surface area (Å²) in [5, 5.41) is 13.6. The van der Waals surface area contributed by atoms with E-state index in [1.54, 1.807) is 24.3 Å². The van der Waals surface area contributed by atoms with Gasteiger partial charge in [0, 0.05) is 34.4 Å². The van der Waals surface area contributed by atoms with Gasteiger partial charge in [-0.05, 0) is 40.2 Å². The zero-order valence-electron chi connectivity index (χ0n) is 12.2. The smallest absolute Gasteiger partial charge is 0.270 e. The standard InChI is InChI=1S/C16H11BrN2O5/c17-12-8-11(19(21)22)2-3-13(12)18-6-5-14(20)10-1-4-15-16(7-10)24-9-23-15/h1-8,18H,9H2/b6-5-. The molecule has 0 fully saturated rings. The molecule has 3 rings (SSSR count). The minimum atomic E-state index is -0.479. The van der Waals surface area contributed by atoms with E-state index in [0.29, 0.717) is 27.2 Å². The van der Waals surface area contributed by atoms with Crippen LogP contribution in [0, 0.1) is 10.1 Å². The minimum Gasteiger partial charge on any atom is -0.454 e. The number of anilines is 1. The van der Waals surface area contributed by atoms with E-state index in [2.05, 4.69) is 21.2 Å². The normalized spacial score (nSPS) is 12.4. The van der Waals surface area contributed by atoms with Crippen molar-refractivity contribution in [3.05, 3.63) is 68.8 Å². The molecule has 0 aliphatic carbocycles. The van der Waals surface area contributed by atoms with Crippen molar-refractivity contribution in [2.24, 2.45) is 0 Å². The Hall–Kier alpha value is -2.87. The molecule has 1 heterocycles. The molecule has 2 aromatic carbocycles. The predicted molar refractivity (Wildman–Crippen MR) is 90.5 cm³/mol. The van der Waals surface area contributed by atoms with E-state index in [4.69, 9.17) is 9.47 Å². The average molecular weight is 391 g/mol. The van der Waals surface area contributed by atoms with E-state index in [-0.39, 0.29) is 18.3 Å². The topological polar surface area (TPSA) is 90.7 Å². The number of halogens is 1. The molecule has 24 heavy (non-hydrogen) atoms. The highest BCUT2D eigenvalue weighted by atomic mass is 79.9. The van der Waals surface area contributed by atoms with Crippen LogP contribution in [0.2, 0.25) is 0 Å². The van der Waals surface area contributed by atoms with Gasteiger partial charge in [0.1, 0.15) is 0 Å². The molecule has 1 N–H and O–H groups in total. The van der Waals surface area contributed by atoms with Gasteiger partial charge in [-0.2, -0.15) is 0 Å². The fourth-order valence-corrected chi connectivity index (χ4v) is 2.57. The summed E-state index contributed by atoms with van der Waals surface area (Å²) >= 11 is 3.25. The van der Waals surface area contributed by atoms with Gasteiger partial charge in [-0.25, -0.2) is 0 Å². The van der Waals surface area contributed by atoms with Crippen molar-refractivity contribution in [1.82, 2.24) is 0 Å². The monoisotopic (exact) mass is 390 g/mol. The maximum Gasteiger partial charge on any atom is 0.270 e. The van der Waals surface area contributed by atoms with Gasteiger partial charge in [0.2, 0.25) is 6.79 Å². The number of rotatable bonds is 5. The quantitative estimate of drug-likeness (QED) is 0.360. The molecule has 8 heteroatoms. The average Bonchev–Trinajstić information content (AvgIpc) is 3.03. The molecule has 122 valence electrons. The Bertz CT molecular complexity index is 850. The summed E-state index contributed by atoms with van der Waals surface area (Å²) < 4.78 is 11.0. The predicted octanol–water partition coefficient (Wildman–Crippen LogP) is 3.89. The van der Waals surface area contributed by atoms with Crippen LogP contribution < -0.4 is 14.8 Å². The van der Waals surface area contributed by atoms with E-state index in [1.165, 1.54) is 24.4 Å². The SMILES string of the molecule is O=C(/C=C\Nc1ccc([N+](=O)[O-])cc1Br)c1ccc2c(c1)OCO2. The zero-order valence-corrected chi connectivity index (χ0v) is 13.8. The van der Waals surface area contributed by atoms with Crippen molar-refractivity contribution in [2.45, 2.75) is 0 Å². The lowest BCUT2D eigenvalue weighted by Crippen LogP contribution is -1.97. The van der Waals surface area contributed by atoms with Crippen molar-refractivity contribution in [3.8, 4) is 11.5 Å². The van der Waals surface area contributed by atoms with Gasteiger partial charge in [-0.3, -0.25) is 14.9 Å². The molecule has 1 aliphatic rings. The number of carbonyl (C=O) groups is 1. The number of nitro benzene ring substituents is 1. The number of hydrogen-bond donors (Lipinski definition) is 1. The highest BCUT2D eigenvalue weighted by Crippen LogP contribution is 2.32. The van der Waals surface area contributed by atoms with Gasteiger partial charge in [0.05, 0.1) is 10.6 Å². The van der Waals surface area contributed by atoms with Crippen molar-refractivity contribution in [2.75, 3.05) is 12.1 Å². The number of allylic oxidation sites excluding steroid dienone is 1. The van der Waals surface area contributed by atoms with Gasteiger partial charge >= 0.3 is 0 Å². The Labute approximate surface area is 145 Å². The lowest BCUT2D eigenvalue weighted by Gasteiger charge is -2.03. The van der Waals surface area contributed by atoms with E-state index < -0.39 is 4.92 Å². The molecule has 0 atom stereocenters. The van der Waals surface area contributed by atoms with Crippen LogP contribution >= 0.6 is 15.9 Å². The Morgan fingerprint density at radius 1 is 1.21 bits per heavy atom. The maximum atomic E-state index is 12.1. The summed E-state index contributed by atoms with van der Waals surface area (Å²) in [6, 6.07) is 9.27. The van der Waals surface area contributed by atoms with Crippen LogP contribution in [0.5, 0.6) is 11.5 Å². The number of fused-ring (bicyclic) bond motifs is 1. The summed E-state index contributed by atoms with van der Waals surface area (Å²) in [5.41, 5.74) is 1.06. The van der Waals surface area contributed by atoms with Gasteiger partial charge < -0.3 is 14.8 Å². The highest BCUT2D eigenvalue weighted by molar-refractivity contribution is 9.10. The Morgan fingerprint density at radius 3 is 2.75 bits per heavy atom. The summed E-state index contributed by atoms with van der Waals surface area (Å²) in [4.78, 5) is 22.4. The maximum absolute atomic E-state index is 12.1. The molecule has 0 amide bonds. The molecule has 1 aliphatic heterocycles. The lowest BCUT2D eigenvalue weighted by atomic mass is 10.1. The minimum absolute atomic E-state index is 0.0205. The van der Waals surface area contributed by atoms with Crippen LogP contribution in [-0.4, -0.2) is 17.5 Å². The van der Waals surface area contributed by atoms with Crippen molar-refractivity contribution in [3.63, 3.8) is 0 Å². The van der Waals surface area contributed by atoms with Crippen LogP contribution in [0.25, 0.3) is 0 Å². The number of nitro groups is 1. The first-order valence-electron chi connectivity index (χ1n) is 6.85. The van der Waals surface area contributed by atoms with E-state index in [0.717, 1.165) is 0 Å². The first-order valence-corrected chi connectivity index (χ1v) is 7.65. The van der Waals surface area contributed by atoms with Crippen LogP contribution in [0.15, 0.2) is 53.1 Å². The van der Waals surface area contributed by atoms with E-state index in [9.17, 15) is 14.9 Å². The Morgan fingerprint density at radius 2 is 2.00 bits per heavy atom. The second-order valence-electron chi connectivity index (χ2n) is 4.83. The summed E-state index contributed by atoms with van der Waals surface area (Å²) in [7, 11) is 0. The number of nitrogens with zero attached hydrogens (tertiary/aromatic N) is 1. The third-order valence-corrected chi connectivity index (χ3v) is 3.95. The molecular formula is C16H11BrN2O5. The van der Waals surface area contributed by atoms with Gasteiger partial charge in [-0.1, -0.05) is 0 Å². The molecule has 2 aromatic rings. The molecular weight excluding hydrogens is 380 g/mol. The van der Waals surface area contributed by atoms with Gasteiger partial charge in [0.25, 0.3) is 5.69 Å². The third kappa shape index (κ3) is 3.38. The largest absolute Gasteiger partial charge is 0.454 e. The second kappa shape index (κ2) is 6.71. The van der Waals surface area contributed by atoms with Crippen molar-refractivity contribution >= 4 is 33.1 Å². The van der Waals surface area contributed by atoms with Gasteiger partial charge in [0.15, 0.2) is 17.3 Å². The number of ketones is 1. The van der Waals surface area contributed by atoms with E-state index >= 15 is 0 Å². The summed E-state index contributed by atoms with van der Waals surface area (Å²) in [6.45, 7) is 0.151. The molecule has 0 spiro atoms. The fraction of sp³-hybridized carbons (Fsp3) is 0.0625. The van der Waals surface area contributed by atoms with Crippen molar-refractivity contribution in [1.29, 1.82) is 0 Å². The number of nitrogens with one attached hydrogen (secondary N) is 1. The van der Waals surface area contributed by atoms with Crippen LogP contribution in [-0.2, 0) is 0 Å². The fourth-order valence-electron chi connectivity index (χ4n) is 2.09. The molecule has 0 saturated carbocycles. The summed E-state index contributed by atoms with van der Waals surface area (Å²) in [6.07, 6.45) is 2.84. The number of carbonyl (C=O) groups excluding carboxylic acids is 1. The first kappa shape index (κ1) is 16.0. The van der Waals surface area contributed by atoms with Gasteiger partial charge in [-0.15, -0.1) is 0 Å². The molecule has 0 radical (unpaired) electrons. The summed E-state index contributed by atoms with van der Waals surface area (Å²) in [5.74, 6) is 0.947. The molecule has 0 saturated heterocycles. The number of non-ortho nitro benzene ring substituents is 1.